The summed E-state index contributed by atoms with van der Waals surface area (Å²) in [7, 11) is 0. The molecule has 2 aromatic rings. The average Bonchev–Trinajstić information content (AvgIpc) is 3.18. The molecule has 1 aromatic heterocycles. The number of aromatic nitrogens is 2. The molecule has 0 aliphatic carbocycles. The van der Waals surface area contributed by atoms with Gasteiger partial charge in [-0.05, 0) is 12.5 Å². The molecule has 1 spiro atoms. The van der Waals surface area contributed by atoms with Crippen LogP contribution < -0.4 is 0 Å². The fourth-order valence-corrected chi connectivity index (χ4v) is 3.99. The molecule has 134 valence electrons. The van der Waals surface area contributed by atoms with Gasteiger partial charge in [0.2, 0.25) is 0 Å². The Morgan fingerprint density at radius 3 is 2.44 bits per heavy atom. The summed E-state index contributed by atoms with van der Waals surface area (Å²) in [6.45, 7) is 6.92. The third kappa shape index (κ3) is 3.60. The Hall–Kier alpha value is -1.40. The van der Waals surface area contributed by atoms with Crippen LogP contribution in [-0.2, 0) is 22.6 Å². The number of ether oxygens (including phenoxy) is 2. The van der Waals surface area contributed by atoms with Crippen molar-refractivity contribution in [2.75, 3.05) is 26.3 Å². The molecule has 3 heterocycles. The van der Waals surface area contributed by atoms with Crippen LogP contribution in [0.15, 0.2) is 30.3 Å². The summed E-state index contributed by atoms with van der Waals surface area (Å²) >= 11 is 6.64. The third-order valence-corrected chi connectivity index (χ3v) is 5.59. The summed E-state index contributed by atoms with van der Waals surface area (Å²) in [6, 6.07) is 10.3. The van der Waals surface area contributed by atoms with Crippen molar-refractivity contribution < 1.29 is 9.47 Å². The van der Waals surface area contributed by atoms with E-state index in [0.717, 1.165) is 62.1 Å². The molecule has 2 fully saturated rings. The van der Waals surface area contributed by atoms with Crippen LogP contribution in [0.4, 0.5) is 0 Å². The van der Waals surface area contributed by atoms with E-state index in [4.69, 9.17) is 21.1 Å². The number of likely N-dealkylation sites (tertiary alicyclic amines) is 1. The van der Waals surface area contributed by atoms with E-state index in [1.807, 2.05) is 29.8 Å². The fraction of sp³-hybridized carbons (Fsp3) is 0.526. The first-order valence-corrected chi connectivity index (χ1v) is 9.29. The number of hydrogen-bond acceptors (Lipinski definition) is 4. The van der Waals surface area contributed by atoms with Gasteiger partial charge in [-0.3, -0.25) is 4.90 Å². The number of aryl methyl sites for hydroxylation is 1. The summed E-state index contributed by atoms with van der Waals surface area (Å²) in [4.78, 5) is 2.42. The molecule has 25 heavy (non-hydrogen) atoms. The predicted octanol–water partition coefficient (Wildman–Crippen LogP) is 3.23. The predicted molar refractivity (Wildman–Crippen MR) is 96.7 cm³/mol. The van der Waals surface area contributed by atoms with Crippen molar-refractivity contribution in [3.05, 3.63) is 52.3 Å². The van der Waals surface area contributed by atoms with E-state index in [1.54, 1.807) is 0 Å². The van der Waals surface area contributed by atoms with Gasteiger partial charge >= 0.3 is 0 Å². The van der Waals surface area contributed by atoms with Gasteiger partial charge < -0.3 is 9.47 Å². The SMILES string of the molecule is Cc1nn(Cc2ccccc2)c(Cl)c1CN1CCC2(CC1)OCCO2. The van der Waals surface area contributed by atoms with Gasteiger partial charge in [-0.2, -0.15) is 5.10 Å². The van der Waals surface area contributed by atoms with Crippen molar-refractivity contribution in [1.82, 2.24) is 14.7 Å². The quantitative estimate of drug-likeness (QED) is 0.838. The molecular formula is C19H24ClN3O2. The molecule has 0 saturated carbocycles. The minimum Gasteiger partial charge on any atom is -0.347 e. The van der Waals surface area contributed by atoms with Crippen LogP contribution in [0.25, 0.3) is 0 Å². The summed E-state index contributed by atoms with van der Waals surface area (Å²) in [6.07, 6.45) is 1.84. The second kappa shape index (κ2) is 7.08. The molecule has 2 aliphatic heterocycles. The van der Waals surface area contributed by atoms with E-state index in [1.165, 1.54) is 5.56 Å². The van der Waals surface area contributed by atoms with Crippen molar-refractivity contribution in [1.29, 1.82) is 0 Å². The Morgan fingerprint density at radius 2 is 1.76 bits per heavy atom. The van der Waals surface area contributed by atoms with Crippen LogP contribution >= 0.6 is 11.6 Å². The van der Waals surface area contributed by atoms with Gasteiger partial charge in [0.1, 0.15) is 5.15 Å². The van der Waals surface area contributed by atoms with Gasteiger partial charge in [-0.15, -0.1) is 0 Å². The molecule has 0 bridgehead atoms. The van der Waals surface area contributed by atoms with Crippen molar-refractivity contribution in [2.24, 2.45) is 0 Å². The lowest BCUT2D eigenvalue weighted by Crippen LogP contribution is -2.44. The van der Waals surface area contributed by atoms with Crippen LogP contribution in [0, 0.1) is 6.92 Å². The molecule has 0 N–H and O–H groups in total. The molecule has 5 nitrogen and oxygen atoms in total. The molecule has 0 unspecified atom stereocenters. The van der Waals surface area contributed by atoms with E-state index in [2.05, 4.69) is 22.1 Å². The Morgan fingerprint density at radius 1 is 1.08 bits per heavy atom. The van der Waals surface area contributed by atoms with E-state index in [0.29, 0.717) is 6.54 Å². The van der Waals surface area contributed by atoms with Crippen LogP contribution in [-0.4, -0.2) is 46.8 Å². The molecule has 2 aliphatic rings. The molecule has 6 heteroatoms. The lowest BCUT2D eigenvalue weighted by atomic mass is 10.0. The third-order valence-electron chi connectivity index (χ3n) is 5.17. The maximum absolute atomic E-state index is 6.64. The monoisotopic (exact) mass is 361 g/mol. The first-order valence-electron chi connectivity index (χ1n) is 8.91. The zero-order valence-electron chi connectivity index (χ0n) is 14.6. The summed E-state index contributed by atoms with van der Waals surface area (Å²) in [5.41, 5.74) is 3.34. The number of rotatable bonds is 4. The highest BCUT2D eigenvalue weighted by molar-refractivity contribution is 6.30. The zero-order valence-corrected chi connectivity index (χ0v) is 15.3. The average molecular weight is 362 g/mol. The maximum Gasteiger partial charge on any atom is 0.170 e. The van der Waals surface area contributed by atoms with E-state index < -0.39 is 0 Å². The molecular weight excluding hydrogens is 338 g/mol. The first kappa shape index (κ1) is 17.0. The standard InChI is InChI=1S/C19H24ClN3O2/c1-15-17(14-22-9-7-19(8-10-22)24-11-12-25-19)18(20)23(21-15)13-16-5-3-2-4-6-16/h2-6H,7-14H2,1H3. The van der Waals surface area contributed by atoms with Crippen molar-refractivity contribution in [3.63, 3.8) is 0 Å². The lowest BCUT2D eigenvalue weighted by Gasteiger charge is -2.37. The Bertz CT molecular complexity index is 716. The Balaban J connectivity index is 1.43. The van der Waals surface area contributed by atoms with Gasteiger partial charge in [-0.25, -0.2) is 4.68 Å². The van der Waals surface area contributed by atoms with Gasteiger partial charge in [0.25, 0.3) is 0 Å². The highest BCUT2D eigenvalue weighted by Crippen LogP contribution is 2.32. The van der Waals surface area contributed by atoms with E-state index >= 15 is 0 Å². The van der Waals surface area contributed by atoms with Crippen LogP contribution in [0.2, 0.25) is 5.15 Å². The van der Waals surface area contributed by atoms with Gasteiger partial charge in [0.05, 0.1) is 25.5 Å². The van der Waals surface area contributed by atoms with Crippen molar-refractivity contribution >= 4 is 11.6 Å². The maximum atomic E-state index is 6.64. The topological polar surface area (TPSA) is 39.5 Å². The smallest absolute Gasteiger partial charge is 0.170 e. The minimum atomic E-state index is -0.327. The van der Waals surface area contributed by atoms with Crippen LogP contribution in [0.3, 0.4) is 0 Å². The van der Waals surface area contributed by atoms with Crippen molar-refractivity contribution in [2.45, 2.75) is 38.6 Å². The van der Waals surface area contributed by atoms with Crippen LogP contribution in [0.1, 0.15) is 29.7 Å². The molecule has 0 atom stereocenters. The highest BCUT2D eigenvalue weighted by Gasteiger charge is 2.39. The first-order chi connectivity index (χ1) is 12.2. The number of nitrogens with zero attached hydrogens (tertiary/aromatic N) is 3. The molecule has 0 radical (unpaired) electrons. The largest absolute Gasteiger partial charge is 0.347 e. The van der Waals surface area contributed by atoms with E-state index in [-0.39, 0.29) is 5.79 Å². The Labute approximate surface area is 153 Å². The fourth-order valence-electron chi connectivity index (χ4n) is 3.69. The molecule has 0 amide bonds. The lowest BCUT2D eigenvalue weighted by molar-refractivity contribution is -0.185. The second-order valence-corrected chi connectivity index (χ2v) is 7.24. The molecule has 1 aromatic carbocycles. The van der Waals surface area contributed by atoms with E-state index in [9.17, 15) is 0 Å². The summed E-state index contributed by atoms with van der Waals surface area (Å²) in [5.74, 6) is -0.327. The van der Waals surface area contributed by atoms with Gasteiger partial charge in [-0.1, -0.05) is 41.9 Å². The summed E-state index contributed by atoms with van der Waals surface area (Å²) in [5, 5.41) is 5.40. The van der Waals surface area contributed by atoms with Gasteiger partial charge in [0.15, 0.2) is 5.79 Å². The number of hydrogen-bond donors (Lipinski definition) is 0. The second-order valence-electron chi connectivity index (χ2n) is 6.88. The minimum absolute atomic E-state index is 0.327. The number of benzene rings is 1. The molecule has 4 rings (SSSR count). The number of piperidine rings is 1. The van der Waals surface area contributed by atoms with Crippen LogP contribution in [0.5, 0.6) is 0 Å². The van der Waals surface area contributed by atoms with Gasteiger partial charge in [0, 0.05) is 38.0 Å². The summed E-state index contributed by atoms with van der Waals surface area (Å²) < 4.78 is 13.5. The normalized spacial score (nSPS) is 20.4. The molecule has 2 saturated heterocycles. The Kier molecular flexibility index (Phi) is 4.82. The zero-order chi connectivity index (χ0) is 17.3. The van der Waals surface area contributed by atoms with Crippen molar-refractivity contribution in [3.8, 4) is 0 Å². The highest BCUT2D eigenvalue weighted by atomic mass is 35.5. The number of halogens is 1.